The maximum absolute atomic E-state index is 11.0. The number of methoxy groups -OCH3 is 1. The molecule has 0 atom stereocenters. The van der Waals surface area contributed by atoms with Crippen LogP contribution in [-0.2, 0) is 25.4 Å². The number of carbonyl (C=O) groups is 1. The molecule has 0 aromatic heterocycles. The molecule has 0 N–H and O–H groups in total. The Morgan fingerprint density at radius 2 is 1.88 bits per heavy atom. The van der Waals surface area contributed by atoms with Gasteiger partial charge in [0.15, 0.2) is 0 Å². The van der Waals surface area contributed by atoms with Crippen LogP contribution < -0.4 is 0 Å². The fourth-order valence-electron chi connectivity index (χ4n) is 1.43. The molecule has 1 aromatic carbocycles. The molecule has 84 valence electrons. The van der Waals surface area contributed by atoms with Crippen molar-refractivity contribution in [2.45, 2.75) is 12.7 Å². The van der Waals surface area contributed by atoms with Crippen molar-refractivity contribution in [2.24, 2.45) is 0 Å². The van der Waals surface area contributed by atoms with Gasteiger partial charge in [-0.2, -0.15) is 0 Å². The molecule has 1 aromatic rings. The summed E-state index contributed by atoms with van der Waals surface area (Å²) in [5.74, 6) is -0.247. The first kappa shape index (κ1) is 10.5. The van der Waals surface area contributed by atoms with Gasteiger partial charge in [0.25, 0.3) is 6.29 Å². The van der Waals surface area contributed by atoms with E-state index in [0.717, 1.165) is 11.1 Å². The predicted octanol–water partition coefficient (Wildman–Crippen LogP) is 1.92. The van der Waals surface area contributed by atoms with Crippen molar-refractivity contribution in [2.75, 3.05) is 7.11 Å². The second-order valence-electron chi connectivity index (χ2n) is 3.37. The Morgan fingerprint density at radius 1 is 1.25 bits per heavy atom. The third kappa shape index (κ3) is 2.34. The fourth-order valence-corrected chi connectivity index (χ4v) is 1.43. The van der Waals surface area contributed by atoms with Gasteiger partial charge in [-0.1, -0.05) is 24.3 Å². The highest BCUT2D eigenvalue weighted by molar-refractivity contribution is 5.72. The summed E-state index contributed by atoms with van der Waals surface area (Å²) in [6.07, 6.45) is 2.92. The van der Waals surface area contributed by atoms with E-state index in [0.29, 0.717) is 0 Å². The number of ether oxygens (including phenoxy) is 3. The molecule has 0 spiro atoms. The number of carbonyl (C=O) groups excluding carboxylic acids is 1. The molecule has 0 saturated heterocycles. The summed E-state index contributed by atoms with van der Waals surface area (Å²) in [4.78, 5) is 11.0. The van der Waals surface area contributed by atoms with Gasteiger partial charge in [0.05, 0.1) is 13.5 Å². The Bertz CT molecular complexity index is 386. The van der Waals surface area contributed by atoms with E-state index in [2.05, 4.69) is 4.74 Å². The van der Waals surface area contributed by atoms with E-state index in [1.165, 1.54) is 19.6 Å². The first-order valence-electron chi connectivity index (χ1n) is 4.91. The van der Waals surface area contributed by atoms with E-state index in [1.54, 1.807) is 0 Å². The van der Waals surface area contributed by atoms with Crippen LogP contribution in [-0.4, -0.2) is 13.1 Å². The number of hydrogen-bond donors (Lipinski definition) is 0. The third-order valence-electron chi connectivity index (χ3n) is 2.29. The van der Waals surface area contributed by atoms with Crippen LogP contribution in [0.5, 0.6) is 0 Å². The molecule has 1 aliphatic heterocycles. The third-order valence-corrected chi connectivity index (χ3v) is 2.29. The minimum atomic E-state index is -0.368. The lowest BCUT2D eigenvalue weighted by molar-refractivity contribution is -0.139. The first-order valence-corrected chi connectivity index (χ1v) is 4.91. The molecule has 1 aliphatic rings. The first-order chi connectivity index (χ1) is 7.79. The Kier molecular flexibility index (Phi) is 3.10. The summed E-state index contributed by atoms with van der Waals surface area (Å²) in [5, 5.41) is 0. The van der Waals surface area contributed by atoms with Crippen LogP contribution in [0.4, 0.5) is 0 Å². The molecule has 1 heterocycles. The SMILES string of the molecule is COC(=O)Cc1ccc(C2OC=CO2)cc1. The lowest BCUT2D eigenvalue weighted by atomic mass is 10.1. The highest BCUT2D eigenvalue weighted by Gasteiger charge is 2.15. The van der Waals surface area contributed by atoms with Crippen LogP contribution in [0, 0.1) is 0 Å². The van der Waals surface area contributed by atoms with E-state index in [9.17, 15) is 4.79 Å². The Morgan fingerprint density at radius 3 is 2.44 bits per heavy atom. The molecule has 4 nitrogen and oxygen atoms in total. The molecule has 0 aliphatic carbocycles. The van der Waals surface area contributed by atoms with Gasteiger partial charge in [-0.05, 0) is 5.56 Å². The monoisotopic (exact) mass is 220 g/mol. The van der Waals surface area contributed by atoms with Crippen LogP contribution in [0.25, 0.3) is 0 Å². The molecular formula is C12H12O4. The van der Waals surface area contributed by atoms with Crippen molar-refractivity contribution in [3.8, 4) is 0 Å². The van der Waals surface area contributed by atoms with Crippen molar-refractivity contribution in [3.05, 3.63) is 47.9 Å². The molecule has 0 amide bonds. The normalized spacial score (nSPS) is 14.3. The van der Waals surface area contributed by atoms with Gasteiger partial charge in [-0.15, -0.1) is 0 Å². The average molecular weight is 220 g/mol. The van der Waals surface area contributed by atoms with Gasteiger partial charge in [0.2, 0.25) is 0 Å². The Hall–Kier alpha value is -1.97. The summed E-state index contributed by atoms with van der Waals surface area (Å²) < 4.78 is 15.0. The summed E-state index contributed by atoms with van der Waals surface area (Å²) in [5.41, 5.74) is 1.82. The molecule has 16 heavy (non-hydrogen) atoms. The lowest BCUT2D eigenvalue weighted by Gasteiger charge is -2.10. The second kappa shape index (κ2) is 4.70. The van der Waals surface area contributed by atoms with E-state index in [4.69, 9.17) is 9.47 Å². The zero-order chi connectivity index (χ0) is 11.4. The van der Waals surface area contributed by atoms with Crippen LogP contribution in [0.3, 0.4) is 0 Å². The maximum Gasteiger partial charge on any atom is 0.309 e. The average Bonchev–Trinajstić information content (AvgIpc) is 2.83. The lowest BCUT2D eigenvalue weighted by Crippen LogP contribution is -2.05. The van der Waals surface area contributed by atoms with Crippen molar-refractivity contribution in [3.63, 3.8) is 0 Å². The van der Waals surface area contributed by atoms with Crippen molar-refractivity contribution in [1.82, 2.24) is 0 Å². The van der Waals surface area contributed by atoms with Crippen LogP contribution in [0.15, 0.2) is 36.8 Å². The summed E-state index contributed by atoms with van der Waals surface area (Å²) in [7, 11) is 1.38. The van der Waals surface area contributed by atoms with Gasteiger partial charge in [-0.25, -0.2) is 0 Å². The number of esters is 1. The van der Waals surface area contributed by atoms with Crippen molar-refractivity contribution in [1.29, 1.82) is 0 Å². The number of hydrogen-bond acceptors (Lipinski definition) is 4. The van der Waals surface area contributed by atoms with E-state index in [-0.39, 0.29) is 18.7 Å². The summed E-state index contributed by atoms with van der Waals surface area (Å²) in [6, 6.07) is 7.46. The van der Waals surface area contributed by atoms with Gasteiger partial charge in [-0.3, -0.25) is 4.79 Å². The molecular weight excluding hydrogens is 208 g/mol. The second-order valence-corrected chi connectivity index (χ2v) is 3.37. The van der Waals surface area contributed by atoms with E-state index < -0.39 is 0 Å². The minimum absolute atomic E-state index is 0.247. The molecule has 0 saturated carbocycles. The van der Waals surface area contributed by atoms with E-state index in [1.807, 2.05) is 24.3 Å². The standard InChI is InChI=1S/C12H12O4/c1-14-11(13)8-9-2-4-10(5-3-9)12-15-6-7-16-12/h2-7,12H,8H2,1H3. The molecule has 2 rings (SSSR count). The van der Waals surface area contributed by atoms with Crippen LogP contribution in [0.1, 0.15) is 17.4 Å². The largest absolute Gasteiger partial charge is 0.469 e. The number of rotatable bonds is 3. The topological polar surface area (TPSA) is 44.8 Å². The van der Waals surface area contributed by atoms with Gasteiger partial charge < -0.3 is 14.2 Å². The van der Waals surface area contributed by atoms with Crippen molar-refractivity contribution < 1.29 is 19.0 Å². The zero-order valence-corrected chi connectivity index (χ0v) is 8.88. The fraction of sp³-hybridized carbons (Fsp3) is 0.250. The molecule has 0 bridgehead atoms. The van der Waals surface area contributed by atoms with Gasteiger partial charge in [0, 0.05) is 5.56 Å². The molecule has 0 fully saturated rings. The smallest absolute Gasteiger partial charge is 0.309 e. The highest BCUT2D eigenvalue weighted by Crippen LogP contribution is 2.24. The van der Waals surface area contributed by atoms with Gasteiger partial charge in [0.1, 0.15) is 12.5 Å². The predicted molar refractivity (Wildman–Crippen MR) is 56.2 cm³/mol. The Balaban J connectivity index is 2.01. The maximum atomic E-state index is 11.0. The molecule has 4 heteroatoms. The van der Waals surface area contributed by atoms with Crippen LogP contribution in [0.2, 0.25) is 0 Å². The Labute approximate surface area is 93.4 Å². The van der Waals surface area contributed by atoms with Crippen LogP contribution >= 0.6 is 0 Å². The quantitative estimate of drug-likeness (QED) is 0.730. The minimum Gasteiger partial charge on any atom is -0.469 e. The van der Waals surface area contributed by atoms with Gasteiger partial charge >= 0.3 is 5.97 Å². The summed E-state index contributed by atoms with van der Waals surface area (Å²) >= 11 is 0. The zero-order valence-electron chi connectivity index (χ0n) is 8.88. The van der Waals surface area contributed by atoms with E-state index >= 15 is 0 Å². The highest BCUT2D eigenvalue weighted by atomic mass is 16.7. The number of benzene rings is 1. The summed E-state index contributed by atoms with van der Waals surface area (Å²) in [6.45, 7) is 0. The molecule has 0 radical (unpaired) electrons. The van der Waals surface area contributed by atoms with Crippen molar-refractivity contribution >= 4 is 5.97 Å². The molecule has 0 unspecified atom stereocenters.